The number of hydrogen-bond acceptors (Lipinski definition) is 4. The van der Waals surface area contributed by atoms with Crippen LogP contribution in [0, 0.1) is 11.8 Å². The van der Waals surface area contributed by atoms with Gasteiger partial charge in [0.15, 0.2) is 0 Å². The fraction of sp³-hybridized carbons (Fsp3) is 0.643. The van der Waals surface area contributed by atoms with Gasteiger partial charge in [0.1, 0.15) is 11.5 Å². The van der Waals surface area contributed by atoms with Crippen LogP contribution in [0.15, 0.2) is 12.1 Å². The summed E-state index contributed by atoms with van der Waals surface area (Å²) in [7, 11) is 0. The molecule has 7 heteroatoms. The maximum absolute atomic E-state index is 12.8. The summed E-state index contributed by atoms with van der Waals surface area (Å²) in [6.45, 7) is 1.34. The number of nitrogens with two attached hydrogens (primary N) is 1. The van der Waals surface area contributed by atoms with E-state index >= 15 is 0 Å². The summed E-state index contributed by atoms with van der Waals surface area (Å²) in [5.41, 5.74) is 5.34. The Morgan fingerprint density at radius 1 is 1.29 bits per heavy atom. The quantitative estimate of drug-likeness (QED) is 0.874. The van der Waals surface area contributed by atoms with E-state index in [0.29, 0.717) is 30.4 Å². The number of rotatable bonds is 2. The van der Waals surface area contributed by atoms with Crippen molar-refractivity contribution in [3.8, 4) is 0 Å². The minimum Gasteiger partial charge on any atom is -0.393 e. The van der Waals surface area contributed by atoms with Crippen LogP contribution < -0.4 is 10.6 Å². The Balaban J connectivity index is 1.91. The van der Waals surface area contributed by atoms with Gasteiger partial charge in [-0.25, -0.2) is 4.98 Å². The monoisotopic (exact) mass is 301 g/mol. The fourth-order valence-corrected chi connectivity index (χ4v) is 3.48. The number of aliphatic hydroxyl groups excluding tert-OH is 1. The van der Waals surface area contributed by atoms with Gasteiger partial charge < -0.3 is 15.7 Å². The summed E-state index contributed by atoms with van der Waals surface area (Å²) in [5, 5.41) is 9.92. The molecule has 116 valence electrons. The highest BCUT2D eigenvalue weighted by molar-refractivity contribution is 5.49. The molecule has 3 unspecified atom stereocenters. The molecular formula is C14H18F3N3O. The molecule has 3 N–H and O–H groups in total. The molecular weight excluding hydrogens is 283 g/mol. The Hall–Kier alpha value is -1.34. The lowest BCUT2D eigenvalue weighted by atomic mass is 10.00. The van der Waals surface area contributed by atoms with Gasteiger partial charge in [-0.3, -0.25) is 0 Å². The van der Waals surface area contributed by atoms with Crippen LogP contribution in [0.2, 0.25) is 0 Å². The molecule has 1 aliphatic heterocycles. The van der Waals surface area contributed by atoms with Gasteiger partial charge in [-0.1, -0.05) is 6.07 Å². The zero-order valence-electron chi connectivity index (χ0n) is 11.5. The predicted octanol–water partition coefficient (Wildman–Crippen LogP) is 1.77. The highest BCUT2D eigenvalue weighted by Gasteiger charge is 2.43. The van der Waals surface area contributed by atoms with E-state index in [1.54, 1.807) is 0 Å². The molecule has 1 aliphatic carbocycles. The van der Waals surface area contributed by atoms with Crippen molar-refractivity contribution in [3.63, 3.8) is 0 Å². The van der Waals surface area contributed by atoms with E-state index in [0.717, 1.165) is 18.9 Å². The van der Waals surface area contributed by atoms with Crippen LogP contribution in [0.3, 0.4) is 0 Å². The molecule has 3 atom stereocenters. The minimum absolute atomic E-state index is 0.131. The lowest BCUT2D eigenvalue weighted by Crippen LogP contribution is -2.27. The second kappa shape index (κ2) is 5.14. The number of aliphatic hydroxyl groups is 1. The third kappa shape index (κ3) is 2.60. The van der Waals surface area contributed by atoms with E-state index in [2.05, 4.69) is 4.98 Å². The average molecular weight is 301 g/mol. The van der Waals surface area contributed by atoms with E-state index in [-0.39, 0.29) is 18.6 Å². The molecule has 0 radical (unpaired) electrons. The van der Waals surface area contributed by atoms with Gasteiger partial charge in [-0.2, -0.15) is 13.2 Å². The van der Waals surface area contributed by atoms with Crippen LogP contribution >= 0.6 is 0 Å². The highest BCUT2D eigenvalue weighted by atomic mass is 19.4. The third-order valence-electron chi connectivity index (χ3n) is 4.58. The smallest absolute Gasteiger partial charge is 0.393 e. The van der Waals surface area contributed by atoms with Crippen LogP contribution in [0.4, 0.5) is 19.0 Å². The molecule has 2 heterocycles. The van der Waals surface area contributed by atoms with Crippen molar-refractivity contribution in [2.24, 2.45) is 17.6 Å². The predicted molar refractivity (Wildman–Crippen MR) is 71.6 cm³/mol. The summed E-state index contributed by atoms with van der Waals surface area (Å²) in [6.07, 6.45) is -3.12. The van der Waals surface area contributed by atoms with E-state index < -0.39 is 11.9 Å². The Morgan fingerprint density at radius 2 is 2.05 bits per heavy atom. The summed E-state index contributed by atoms with van der Waals surface area (Å²) in [5.74, 6) is 0.780. The van der Waals surface area contributed by atoms with Crippen molar-refractivity contribution in [2.75, 3.05) is 18.0 Å². The molecule has 21 heavy (non-hydrogen) atoms. The van der Waals surface area contributed by atoms with Crippen molar-refractivity contribution in [1.29, 1.82) is 0 Å². The van der Waals surface area contributed by atoms with Crippen LogP contribution in [-0.4, -0.2) is 29.3 Å². The van der Waals surface area contributed by atoms with E-state index in [9.17, 15) is 18.3 Å². The molecule has 0 spiro atoms. The summed E-state index contributed by atoms with van der Waals surface area (Å²) in [4.78, 5) is 5.63. The topological polar surface area (TPSA) is 62.4 Å². The molecule has 1 saturated heterocycles. The van der Waals surface area contributed by atoms with Crippen LogP contribution in [0.1, 0.15) is 24.1 Å². The second-order valence-corrected chi connectivity index (χ2v) is 5.85. The number of pyridine rings is 1. The Morgan fingerprint density at radius 3 is 2.67 bits per heavy atom. The summed E-state index contributed by atoms with van der Waals surface area (Å²) < 4.78 is 38.5. The number of aromatic nitrogens is 1. The average Bonchev–Trinajstić information content (AvgIpc) is 3.00. The van der Waals surface area contributed by atoms with E-state index in [1.807, 2.05) is 4.90 Å². The van der Waals surface area contributed by atoms with Crippen molar-refractivity contribution < 1.29 is 18.3 Å². The Kier molecular flexibility index (Phi) is 3.57. The standard InChI is InChI=1S/C14H18F3N3O/c15-14(16,17)12-4-2-8(5-18)13(19-12)20-6-9-1-3-11(21)10(9)7-20/h2,4,9-11,21H,1,3,5-7,18H2. The lowest BCUT2D eigenvalue weighted by Gasteiger charge is -2.23. The van der Waals surface area contributed by atoms with Crippen molar-refractivity contribution in [3.05, 3.63) is 23.4 Å². The Labute approximate surface area is 120 Å². The number of anilines is 1. The van der Waals surface area contributed by atoms with Gasteiger partial charge in [0.25, 0.3) is 0 Å². The van der Waals surface area contributed by atoms with Gasteiger partial charge in [0.2, 0.25) is 0 Å². The molecule has 0 aromatic carbocycles. The second-order valence-electron chi connectivity index (χ2n) is 5.85. The molecule has 1 aromatic heterocycles. The molecule has 1 saturated carbocycles. The maximum atomic E-state index is 12.8. The molecule has 3 rings (SSSR count). The first kappa shape index (κ1) is 14.6. The van der Waals surface area contributed by atoms with E-state index in [1.165, 1.54) is 6.07 Å². The largest absolute Gasteiger partial charge is 0.433 e. The molecule has 2 aliphatic rings. The highest BCUT2D eigenvalue weighted by Crippen LogP contribution is 2.40. The van der Waals surface area contributed by atoms with Crippen LogP contribution in [0.25, 0.3) is 0 Å². The number of nitrogens with zero attached hydrogens (tertiary/aromatic N) is 2. The van der Waals surface area contributed by atoms with Gasteiger partial charge >= 0.3 is 6.18 Å². The number of alkyl halides is 3. The van der Waals surface area contributed by atoms with Gasteiger partial charge in [0, 0.05) is 31.1 Å². The van der Waals surface area contributed by atoms with Crippen LogP contribution in [0.5, 0.6) is 0 Å². The normalized spacial score (nSPS) is 29.0. The maximum Gasteiger partial charge on any atom is 0.433 e. The minimum atomic E-state index is -4.46. The molecule has 0 amide bonds. The zero-order valence-corrected chi connectivity index (χ0v) is 11.5. The number of fused-ring (bicyclic) bond motifs is 1. The number of halogens is 3. The SMILES string of the molecule is NCc1ccc(C(F)(F)F)nc1N1CC2CCC(O)C2C1. The van der Waals surface area contributed by atoms with Gasteiger partial charge in [-0.15, -0.1) is 0 Å². The lowest BCUT2D eigenvalue weighted by molar-refractivity contribution is -0.141. The molecule has 4 nitrogen and oxygen atoms in total. The Bertz CT molecular complexity index is 535. The van der Waals surface area contributed by atoms with Gasteiger partial charge in [-0.05, 0) is 24.8 Å². The van der Waals surface area contributed by atoms with Crippen molar-refractivity contribution >= 4 is 5.82 Å². The van der Waals surface area contributed by atoms with Crippen molar-refractivity contribution in [2.45, 2.75) is 31.7 Å². The zero-order chi connectivity index (χ0) is 15.2. The molecule has 1 aromatic rings. The van der Waals surface area contributed by atoms with Crippen molar-refractivity contribution in [1.82, 2.24) is 4.98 Å². The van der Waals surface area contributed by atoms with E-state index in [4.69, 9.17) is 5.73 Å². The van der Waals surface area contributed by atoms with Crippen LogP contribution in [-0.2, 0) is 12.7 Å². The first-order valence-electron chi connectivity index (χ1n) is 7.10. The molecule has 0 bridgehead atoms. The first-order chi connectivity index (χ1) is 9.90. The fourth-order valence-electron chi connectivity index (χ4n) is 3.48. The first-order valence-corrected chi connectivity index (χ1v) is 7.10. The summed E-state index contributed by atoms with van der Waals surface area (Å²) >= 11 is 0. The molecule has 2 fully saturated rings. The third-order valence-corrected chi connectivity index (χ3v) is 4.58. The summed E-state index contributed by atoms with van der Waals surface area (Å²) in [6, 6.07) is 2.37. The number of hydrogen-bond donors (Lipinski definition) is 2. The van der Waals surface area contributed by atoms with Gasteiger partial charge in [0.05, 0.1) is 6.10 Å².